The number of nitrogens with zero attached hydrogens (tertiary/aromatic N) is 3. The predicted octanol–water partition coefficient (Wildman–Crippen LogP) is 3.87. The van der Waals surface area contributed by atoms with E-state index in [0.717, 1.165) is 36.5 Å². The number of aryl methyl sites for hydroxylation is 3. The number of halogens is 3. The zero-order valence-corrected chi connectivity index (χ0v) is 20.1. The van der Waals surface area contributed by atoms with Crippen molar-refractivity contribution in [1.82, 2.24) is 20.4 Å². The van der Waals surface area contributed by atoms with E-state index in [-0.39, 0.29) is 29.7 Å². The molecule has 0 spiro atoms. The van der Waals surface area contributed by atoms with Crippen LogP contribution in [0, 0.1) is 13.8 Å². The number of hydrogen-bond donors (Lipinski definition) is 2. The maximum Gasteiger partial charge on any atom is 0.387 e. The van der Waals surface area contributed by atoms with Crippen LogP contribution in [0.5, 0.6) is 11.5 Å². The molecular weight excluding hydrogens is 507 g/mol. The van der Waals surface area contributed by atoms with Crippen molar-refractivity contribution in [2.75, 3.05) is 20.2 Å². The second kappa shape index (κ2) is 13.2. The normalized spacial score (nSPS) is 11.2. The van der Waals surface area contributed by atoms with Gasteiger partial charge in [-0.3, -0.25) is 9.67 Å². The minimum atomic E-state index is -2.89. The lowest BCUT2D eigenvalue weighted by Gasteiger charge is -2.15. The number of alkyl halides is 2. The van der Waals surface area contributed by atoms with Gasteiger partial charge in [-0.2, -0.15) is 13.9 Å². The number of hydrogen-bond acceptors (Lipinski definition) is 4. The van der Waals surface area contributed by atoms with Crippen molar-refractivity contribution in [3.8, 4) is 11.5 Å². The van der Waals surface area contributed by atoms with E-state index >= 15 is 0 Å². The van der Waals surface area contributed by atoms with Crippen molar-refractivity contribution < 1.29 is 18.3 Å². The summed E-state index contributed by atoms with van der Waals surface area (Å²) in [5, 5.41) is 10.9. The standard InChI is InChI=1S/C20H29F2N5O2.HI/c1-5-28-18-12-16(7-8-17(18)29-19(21)22)13-25-20(23-4)24-9-6-10-27-15(3)11-14(2)26-27;/h7-8,11-12,19H,5-6,9-10,13H2,1-4H3,(H2,23,24,25);1H. The van der Waals surface area contributed by atoms with Crippen LogP contribution in [0.3, 0.4) is 0 Å². The van der Waals surface area contributed by atoms with E-state index in [1.807, 2.05) is 18.5 Å². The van der Waals surface area contributed by atoms with Gasteiger partial charge in [0.15, 0.2) is 17.5 Å². The van der Waals surface area contributed by atoms with Gasteiger partial charge < -0.3 is 20.1 Å². The third-order valence-electron chi connectivity index (χ3n) is 4.15. The van der Waals surface area contributed by atoms with Gasteiger partial charge in [-0.25, -0.2) is 0 Å². The number of benzene rings is 1. The molecule has 0 radical (unpaired) electrons. The zero-order chi connectivity index (χ0) is 21.2. The van der Waals surface area contributed by atoms with Crippen LogP contribution in [0.2, 0.25) is 0 Å². The molecule has 0 fully saturated rings. The third kappa shape index (κ3) is 8.33. The van der Waals surface area contributed by atoms with E-state index in [4.69, 9.17) is 4.74 Å². The van der Waals surface area contributed by atoms with Crippen LogP contribution in [-0.2, 0) is 13.1 Å². The number of aliphatic imine (C=N–C) groups is 1. The molecule has 10 heteroatoms. The van der Waals surface area contributed by atoms with Gasteiger partial charge in [0.05, 0.1) is 12.3 Å². The summed E-state index contributed by atoms with van der Waals surface area (Å²) in [6, 6.07) is 6.94. The molecule has 1 aromatic carbocycles. The van der Waals surface area contributed by atoms with E-state index < -0.39 is 6.61 Å². The SMILES string of the molecule is CCOc1cc(CNC(=NC)NCCCn2nc(C)cc2C)ccc1OC(F)F.I. The number of nitrogens with one attached hydrogen (secondary N) is 2. The Morgan fingerprint density at radius 2 is 1.97 bits per heavy atom. The Labute approximate surface area is 193 Å². The molecule has 0 amide bonds. The van der Waals surface area contributed by atoms with Gasteiger partial charge in [0.25, 0.3) is 0 Å². The molecule has 7 nitrogen and oxygen atoms in total. The highest BCUT2D eigenvalue weighted by molar-refractivity contribution is 14.0. The average molecular weight is 537 g/mol. The molecule has 0 saturated heterocycles. The highest BCUT2D eigenvalue weighted by Gasteiger charge is 2.12. The zero-order valence-electron chi connectivity index (χ0n) is 17.7. The third-order valence-corrected chi connectivity index (χ3v) is 4.15. The van der Waals surface area contributed by atoms with Gasteiger partial charge in [0, 0.05) is 32.4 Å². The Hall–Kier alpha value is -2.11. The summed E-state index contributed by atoms with van der Waals surface area (Å²) in [7, 11) is 1.70. The summed E-state index contributed by atoms with van der Waals surface area (Å²) in [6.45, 7) is 5.31. The molecule has 0 aliphatic heterocycles. The van der Waals surface area contributed by atoms with Crippen molar-refractivity contribution in [3.05, 3.63) is 41.2 Å². The second-order valence-electron chi connectivity index (χ2n) is 6.45. The molecule has 2 rings (SSSR count). The lowest BCUT2D eigenvalue weighted by molar-refractivity contribution is -0.0514. The van der Waals surface area contributed by atoms with E-state index in [2.05, 4.69) is 31.5 Å². The number of rotatable bonds is 10. The molecule has 0 aliphatic carbocycles. The molecule has 0 aliphatic rings. The smallest absolute Gasteiger partial charge is 0.387 e. The Balaban J connectivity index is 0.00000450. The molecule has 0 atom stereocenters. The van der Waals surface area contributed by atoms with Crippen LogP contribution >= 0.6 is 24.0 Å². The second-order valence-corrected chi connectivity index (χ2v) is 6.45. The molecule has 2 aromatic rings. The molecular formula is C20H30F2IN5O2. The molecule has 0 unspecified atom stereocenters. The van der Waals surface area contributed by atoms with Gasteiger partial charge in [0.2, 0.25) is 0 Å². The number of guanidine groups is 1. The van der Waals surface area contributed by atoms with Gasteiger partial charge in [-0.15, -0.1) is 24.0 Å². The minimum absolute atomic E-state index is 0. The summed E-state index contributed by atoms with van der Waals surface area (Å²) >= 11 is 0. The van der Waals surface area contributed by atoms with Crippen LogP contribution in [0.4, 0.5) is 8.78 Å². The quantitative estimate of drug-likeness (QED) is 0.209. The van der Waals surface area contributed by atoms with E-state index in [1.165, 1.54) is 6.07 Å². The monoisotopic (exact) mass is 537 g/mol. The van der Waals surface area contributed by atoms with Crippen LogP contribution in [-0.4, -0.2) is 42.6 Å². The van der Waals surface area contributed by atoms with Crippen molar-refractivity contribution in [2.24, 2.45) is 4.99 Å². The predicted molar refractivity (Wildman–Crippen MR) is 124 cm³/mol. The first kappa shape index (κ1) is 25.9. The molecule has 0 saturated carbocycles. The summed E-state index contributed by atoms with van der Waals surface area (Å²) < 4.78 is 36.9. The van der Waals surface area contributed by atoms with Gasteiger partial charge in [-0.1, -0.05) is 6.07 Å². The Bertz CT molecular complexity index is 814. The Morgan fingerprint density at radius 1 is 1.20 bits per heavy atom. The number of ether oxygens (including phenoxy) is 2. The minimum Gasteiger partial charge on any atom is -0.490 e. The Kier molecular flexibility index (Phi) is 11.4. The van der Waals surface area contributed by atoms with Gasteiger partial charge in [0.1, 0.15) is 0 Å². The first-order chi connectivity index (χ1) is 13.9. The first-order valence-corrected chi connectivity index (χ1v) is 9.59. The van der Waals surface area contributed by atoms with Gasteiger partial charge in [-0.05, 0) is 51.0 Å². The van der Waals surface area contributed by atoms with Crippen LogP contribution in [0.15, 0.2) is 29.3 Å². The van der Waals surface area contributed by atoms with Crippen molar-refractivity contribution in [3.63, 3.8) is 0 Å². The van der Waals surface area contributed by atoms with Crippen LogP contribution in [0.1, 0.15) is 30.3 Å². The Morgan fingerprint density at radius 3 is 2.57 bits per heavy atom. The van der Waals surface area contributed by atoms with E-state index in [0.29, 0.717) is 24.9 Å². The highest BCUT2D eigenvalue weighted by Crippen LogP contribution is 2.29. The maximum absolute atomic E-state index is 12.5. The molecule has 0 bridgehead atoms. The fourth-order valence-electron chi connectivity index (χ4n) is 2.87. The van der Waals surface area contributed by atoms with Crippen LogP contribution < -0.4 is 20.1 Å². The summed E-state index contributed by atoms with van der Waals surface area (Å²) in [6.07, 6.45) is 0.900. The van der Waals surface area contributed by atoms with Crippen molar-refractivity contribution >= 4 is 29.9 Å². The maximum atomic E-state index is 12.5. The lowest BCUT2D eigenvalue weighted by Crippen LogP contribution is -2.37. The summed E-state index contributed by atoms with van der Waals surface area (Å²) in [4.78, 5) is 4.20. The molecule has 1 heterocycles. The highest BCUT2D eigenvalue weighted by atomic mass is 127. The molecule has 168 valence electrons. The largest absolute Gasteiger partial charge is 0.490 e. The molecule has 30 heavy (non-hydrogen) atoms. The summed E-state index contributed by atoms with van der Waals surface area (Å²) in [5.41, 5.74) is 3.03. The topological polar surface area (TPSA) is 72.7 Å². The van der Waals surface area contributed by atoms with E-state index in [9.17, 15) is 8.78 Å². The van der Waals surface area contributed by atoms with Crippen molar-refractivity contribution in [1.29, 1.82) is 0 Å². The van der Waals surface area contributed by atoms with Gasteiger partial charge >= 0.3 is 6.61 Å². The fraction of sp³-hybridized carbons (Fsp3) is 0.500. The average Bonchev–Trinajstić information content (AvgIpc) is 3.00. The summed E-state index contributed by atoms with van der Waals surface area (Å²) in [5.74, 6) is 0.974. The lowest BCUT2D eigenvalue weighted by atomic mass is 10.2. The molecule has 1 aromatic heterocycles. The first-order valence-electron chi connectivity index (χ1n) is 9.59. The van der Waals surface area contributed by atoms with Crippen molar-refractivity contribution in [2.45, 2.75) is 46.9 Å². The fourth-order valence-corrected chi connectivity index (χ4v) is 2.87. The van der Waals surface area contributed by atoms with E-state index in [1.54, 1.807) is 26.1 Å². The number of aromatic nitrogens is 2. The van der Waals surface area contributed by atoms with Crippen LogP contribution in [0.25, 0.3) is 0 Å². The molecule has 2 N–H and O–H groups in total.